The summed E-state index contributed by atoms with van der Waals surface area (Å²) in [5.41, 5.74) is -1.37. The van der Waals surface area contributed by atoms with Crippen LogP contribution in [0.3, 0.4) is 0 Å². The number of aromatic nitrogens is 3. The van der Waals surface area contributed by atoms with Crippen molar-refractivity contribution >= 4 is 27.0 Å². The Morgan fingerprint density at radius 1 is 1.43 bits per heavy atom. The summed E-state index contributed by atoms with van der Waals surface area (Å²) >= 11 is 5.58. The van der Waals surface area contributed by atoms with Gasteiger partial charge in [-0.05, 0) is 12.0 Å². The molecular formula is C11H11ClF3N3O2S. The SMILES string of the molecule is CC(CCl)CS(=O)(=O)c1nccn2nc(C(F)(F)F)cc12. The maximum atomic E-state index is 12.7. The van der Waals surface area contributed by atoms with Crippen molar-refractivity contribution in [1.29, 1.82) is 0 Å². The Morgan fingerprint density at radius 3 is 2.67 bits per heavy atom. The van der Waals surface area contributed by atoms with Gasteiger partial charge in [-0.25, -0.2) is 17.9 Å². The molecule has 0 bridgehead atoms. The third-order valence-electron chi connectivity index (χ3n) is 2.71. The molecule has 0 spiro atoms. The first kappa shape index (κ1) is 16.0. The number of hydrogen-bond donors (Lipinski definition) is 0. The molecule has 0 fully saturated rings. The first-order chi connectivity index (χ1) is 9.65. The van der Waals surface area contributed by atoms with E-state index in [1.165, 1.54) is 0 Å². The molecule has 21 heavy (non-hydrogen) atoms. The summed E-state index contributed by atoms with van der Waals surface area (Å²) < 4.78 is 63.3. The van der Waals surface area contributed by atoms with Gasteiger partial charge in [-0.1, -0.05) is 6.92 Å². The minimum absolute atomic E-state index is 0.120. The predicted octanol–water partition coefficient (Wildman–Crippen LogP) is 2.40. The standard InChI is InChI=1S/C11H11ClF3N3O2S/c1-7(5-12)6-21(19,20)10-8-4-9(11(13,14)15)17-18(8)3-2-16-10/h2-4,7H,5-6H2,1H3. The minimum Gasteiger partial charge on any atom is -0.241 e. The highest BCUT2D eigenvalue weighted by atomic mass is 35.5. The van der Waals surface area contributed by atoms with Crippen molar-refractivity contribution in [2.75, 3.05) is 11.6 Å². The average Bonchev–Trinajstić information content (AvgIpc) is 2.81. The summed E-state index contributed by atoms with van der Waals surface area (Å²) in [6.45, 7) is 1.63. The van der Waals surface area contributed by atoms with Gasteiger partial charge >= 0.3 is 6.18 Å². The lowest BCUT2D eigenvalue weighted by Crippen LogP contribution is -2.17. The number of fused-ring (bicyclic) bond motifs is 1. The molecule has 0 radical (unpaired) electrons. The van der Waals surface area contributed by atoms with Crippen LogP contribution in [-0.4, -0.2) is 34.6 Å². The molecule has 0 saturated carbocycles. The Kier molecular flexibility index (Phi) is 4.16. The van der Waals surface area contributed by atoms with Crippen LogP contribution in [0.2, 0.25) is 0 Å². The lowest BCUT2D eigenvalue weighted by atomic mass is 10.3. The molecule has 1 atom stereocenters. The predicted molar refractivity (Wildman–Crippen MR) is 69.9 cm³/mol. The van der Waals surface area contributed by atoms with Crippen LogP contribution in [0, 0.1) is 5.92 Å². The molecule has 0 amide bonds. The molecule has 0 aliphatic carbocycles. The topological polar surface area (TPSA) is 64.3 Å². The third kappa shape index (κ3) is 3.29. The van der Waals surface area contributed by atoms with E-state index in [-0.39, 0.29) is 23.1 Å². The van der Waals surface area contributed by atoms with E-state index >= 15 is 0 Å². The monoisotopic (exact) mass is 341 g/mol. The number of alkyl halides is 4. The number of sulfone groups is 1. The highest BCUT2D eigenvalue weighted by molar-refractivity contribution is 7.91. The second-order valence-electron chi connectivity index (χ2n) is 4.63. The average molecular weight is 342 g/mol. The molecule has 0 aliphatic heterocycles. The van der Waals surface area contributed by atoms with Crippen molar-refractivity contribution in [2.24, 2.45) is 5.92 Å². The lowest BCUT2D eigenvalue weighted by Gasteiger charge is -2.08. The molecule has 0 saturated heterocycles. The van der Waals surface area contributed by atoms with Gasteiger partial charge in [-0.15, -0.1) is 11.6 Å². The molecule has 0 N–H and O–H groups in total. The molecule has 5 nitrogen and oxygen atoms in total. The Labute approximate surface area is 123 Å². The van der Waals surface area contributed by atoms with Gasteiger partial charge in [0.25, 0.3) is 0 Å². The summed E-state index contributed by atoms with van der Waals surface area (Å²) in [6.07, 6.45) is -2.40. The maximum absolute atomic E-state index is 12.7. The zero-order chi connectivity index (χ0) is 15.8. The highest BCUT2D eigenvalue weighted by Crippen LogP contribution is 2.30. The molecular weight excluding hydrogens is 331 g/mol. The van der Waals surface area contributed by atoms with Crippen LogP contribution in [-0.2, 0) is 16.0 Å². The number of halogens is 4. The fourth-order valence-electron chi connectivity index (χ4n) is 1.77. The van der Waals surface area contributed by atoms with Gasteiger partial charge in [0, 0.05) is 18.3 Å². The van der Waals surface area contributed by atoms with Gasteiger partial charge in [0.15, 0.2) is 20.6 Å². The third-order valence-corrected chi connectivity index (χ3v) is 5.15. The summed E-state index contributed by atoms with van der Waals surface area (Å²) in [5, 5.41) is 2.89. The molecule has 2 heterocycles. The molecule has 0 aromatic carbocycles. The summed E-state index contributed by atoms with van der Waals surface area (Å²) in [7, 11) is -3.85. The van der Waals surface area contributed by atoms with Gasteiger partial charge < -0.3 is 0 Å². The largest absolute Gasteiger partial charge is 0.435 e. The van der Waals surface area contributed by atoms with Crippen LogP contribution in [0.25, 0.3) is 5.52 Å². The van der Waals surface area contributed by atoms with E-state index in [1.807, 2.05) is 0 Å². The molecule has 10 heteroatoms. The van der Waals surface area contributed by atoms with Gasteiger partial charge in [0.05, 0.1) is 5.75 Å². The van der Waals surface area contributed by atoms with Crippen LogP contribution in [0.5, 0.6) is 0 Å². The smallest absolute Gasteiger partial charge is 0.241 e. The van der Waals surface area contributed by atoms with Crippen LogP contribution in [0.15, 0.2) is 23.5 Å². The van der Waals surface area contributed by atoms with Gasteiger partial charge in [0.2, 0.25) is 0 Å². The van der Waals surface area contributed by atoms with Crippen LogP contribution in [0.4, 0.5) is 13.2 Å². The van der Waals surface area contributed by atoms with Gasteiger partial charge in [0.1, 0.15) is 5.52 Å². The number of hydrogen-bond acceptors (Lipinski definition) is 4. The molecule has 2 aromatic heterocycles. The van der Waals surface area contributed by atoms with Crippen LogP contribution >= 0.6 is 11.6 Å². The second kappa shape index (κ2) is 5.45. The Morgan fingerprint density at radius 2 is 2.10 bits per heavy atom. The molecule has 2 aromatic rings. The van der Waals surface area contributed by atoms with E-state index in [1.54, 1.807) is 6.92 Å². The first-order valence-corrected chi connectivity index (χ1v) is 8.04. The fourth-order valence-corrected chi connectivity index (χ4v) is 3.73. The normalized spacial score (nSPS) is 14.5. The van der Waals surface area contributed by atoms with Crippen molar-refractivity contribution in [3.05, 3.63) is 24.2 Å². The summed E-state index contributed by atoms with van der Waals surface area (Å²) in [4.78, 5) is 3.70. The van der Waals surface area contributed by atoms with Crippen LogP contribution in [0.1, 0.15) is 12.6 Å². The Hall–Kier alpha value is -1.35. The van der Waals surface area contributed by atoms with Gasteiger partial charge in [-0.2, -0.15) is 18.3 Å². The molecule has 2 rings (SSSR count). The highest BCUT2D eigenvalue weighted by Gasteiger charge is 2.35. The summed E-state index contributed by atoms with van der Waals surface area (Å²) in [5.74, 6) is -0.519. The molecule has 116 valence electrons. The van der Waals surface area contributed by atoms with E-state index in [0.717, 1.165) is 16.9 Å². The van der Waals surface area contributed by atoms with E-state index in [9.17, 15) is 21.6 Å². The van der Waals surface area contributed by atoms with Crippen molar-refractivity contribution < 1.29 is 21.6 Å². The molecule has 0 aliphatic rings. The number of rotatable bonds is 4. The zero-order valence-electron chi connectivity index (χ0n) is 10.8. The van der Waals surface area contributed by atoms with Crippen molar-refractivity contribution in [3.63, 3.8) is 0 Å². The summed E-state index contributed by atoms with van der Waals surface area (Å²) in [6, 6.07) is 0.672. The van der Waals surface area contributed by atoms with Crippen LogP contribution < -0.4 is 0 Å². The van der Waals surface area contributed by atoms with Gasteiger partial charge in [-0.3, -0.25) is 0 Å². The van der Waals surface area contributed by atoms with E-state index in [0.29, 0.717) is 6.07 Å². The number of nitrogens with zero attached hydrogens (tertiary/aromatic N) is 3. The van der Waals surface area contributed by atoms with Crippen molar-refractivity contribution in [2.45, 2.75) is 18.1 Å². The zero-order valence-corrected chi connectivity index (χ0v) is 12.4. The van der Waals surface area contributed by atoms with E-state index in [4.69, 9.17) is 11.6 Å². The maximum Gasteiger partial charge on any atom is 0.435 e. The minimum atomic E-state index is -4.66. The van der Waals surface area contributed by atoms with Crippen molar-refractivity contribution in [1.82, 2.24) is 14.6 Å². The van der Waals surface area contributed by atoms with E-state index < -0.39 is 26.7 Å². The van der Waals surface area contributed by atoms with E-state index in [2.05, 4.69) is 10.1 Å². The van der Waals surface area contributed by atoms with Crippen molar-refractivity contribution in [3.8, 4) is 0 Å². The lowest BCUT2D eigenvalue weighted by molar-refractivity contribution is -0.141. The Bertz CT molecular complexity index is 758. The molecule has 1 unspecified atom stereocenters. The second-order valence-corrected chi connectivity index (χ2v) is 6.89. The Balaban J connectivity index is 2.57. The first-order valence-electron chi connectivity index (χ1n) is 5.85. The quantitative estimate of drug-likeness (QED) is 0.801. The fraction of sp³-hybridized carbons (Fsp3) is 0.455.